The third kappa shape index (κ3) is 4.70. The van der Waals surface area contributed by atoms with Crippen LogP contribution in [-0.4, -0.2) is 16.8 Å². The van der Waals surface area contributed by atoms with E-state index in [0.29, 0.717) is 16.0 Å². The van der Waals surface area contributed by atoms with E-state index in [1.165, 1.54) is 33.9 Å². The molecule has 0 saturated heterocycles. The number of esters is 1. The summed E-state index contributed by atoms with van der Waals surface area (Å²) in [6.07, 6.45) is 2.85. The van der Waals surface area contributed by atoms with Crippen LogP contribution in [0.15, 0.2) is 54.6 Å². The minimum absolute atomic E-state index is 0.0502. The Morgan fingerprint density at radius 3 is 2.56 bits per heavy atom. The van der Waals surface area contributed by atoms with Gasteiger partial charge in [0.25, 0.3) is 11.6 Å². The zero-order valence-corrected chi connectivity index (χ0v) is 18.3. The second kappa shape index (κ2) is 9.32. The van der Waals surface area contributed by atoms with Crippen molar-refractivity contribution in [2.45, 2.75) is 38.7 Å². The van der Waals surface area contributed by atoms with E-state index >= 15 is 0 Å². The van der Waals surface area contributed by atoms with Gasteiger partial charge in [-0.3, -0.25) is 14.9 Å². The summed E-state index contributed by atoms with van der Waals surface area (Å²) in [6, 6.07) is 15.0. The van der Waals surface area contributed by atoms with Gasteiger partial charge in [-0.2, -0.15) is 0 Å². The van der Waals surface area contributed by atoms with Crippen LogP contribution >= 0.6 is 11.3 Å². The van der Waals surface area contributed by atoms with E-state index in [9.17, 15) is 19.7 Å². The summed E-state index contributed by atoms with van der Waals surface area (Å²) in [6.45, 7) is 1.73. The van der Waals surface area contributed by atoms with Crippen LogP contribution in [-0.2, 0) is 22.4 Å². The van der Waals surface area contributed by atoms with Crippen LogP contribution in [0.3, 0.4) is 0 Å². The number of nitro benzene ring substituents is 1. The van der Waals surface area contributed by atoms with Gasteiger partial charge in [0.05, 0.1) is 4.92 Å². The molecule has 0 saturated carbocycles. The van der Waals surface area contributed by atoms with Gasteiger partial charge in [0.2, 0.25) is 6.10 Å². The second-order valence-electron chi connectivity index (χ2n) is 7.73. The lowest BCUT2D eigenvalue weighted by atomic mass is 9.99. The van der Waals surface area contributed by atoms with Crippen molar-refractivity contribution in [3.63, 3.8) is 0 Å². The van der Waals surface area contributed by atoms with E-state index in [-0.39, 0.29) is 11.4 Å². The molecule has 0 fully saturated rings. The fourth-order valence-corrected chi connectivity index (χ4v) is 4.89. The normalized spacial score (nSPS) is 13.7. The number of benzene rings is 2. The third-order valence-corrected chi connectivity index (χ3v) is 6.59. The number of nitro groups is 1. The molecule has 1 aromatic heterocycles. The molecule has 164 valence electrons. The molecule has 0 bridgehead atoms. The van der Waals surface area contributed by atoms with E-state index in [1.807, 2.05) is 6.07 Å². The summed E-state index contributed by atoms with van der Waals surface area (Å²) in [4.78, 5) is 38.6. The highest BCUT2D eigenvalue weighted by Gasteiger charge is 2.29. The van der Waals surface area contributed by atoms with Crippen LogP contribution in [0.1, 0.15) is 50.2 Å². The molecule has 32 heavy (non-hydrogen) atoms. The van der Waals surface area contributed by atoms with Crippen molar-refractivity contribution in [2.75, 3.05) is 5.32 Å². The standard InChI is InChI=1S/C24H22N2O5S/c1-15-11-12-18(19(13-15)26(29)30)25-23(27)22(16-7-3-2-4-8-16)31-24(28)21-14-17-9-5-6-10-20(17)32-21/h2-4,7-8,11-14,22H,5-6,9-10H2,1H3,(H,25,27)/t22-/m1/s1. The van der Waals surface area contributed by atoms with E-state index in [4.69, 9.17) is 4.74 Å². The van der Waals surface area contributed by atoms with Crippen LogP contribution in [0.2, 0.25) is 0 Å². The van der Waals surface area contributed by atoms with E-state index in [2.05, 4.69) is 5.32 Å². The summed E-state index contributed by atoms with van der Waals surface area (Å²) in [5, 5.41) is 14.0. The van der Waals surface area contributed by atoms with Gasteiger partial charge in [-0.05, 0) is 55.9 Å². The molecule has 2 aromatic carbocycles. The molecule has 0 radical (unpaired) electrons. The fraction of sp³-hybridized carbons (Fsp3) is 0.250. The summed E-state index contributed by atoms with van der Waals surface area (Å²) >= 11 is 1.41. The Labute approximate surface area is 189 Å². The Morgan fingerprint density at radius 2 is 1.84 bits per heavy atom. The maximum absolute atomic E-state index is 13.1. The van der Waals surface area contributed by atoms with E-state index in [0.717, 1.165) is 25.7 Å². The van der Waals surface area contributed by atoms with Gasteiger partial charge in [0.15, 0.2) is 0 Å². The van der Waals surface area contributed by atoms with E-state index < -0.39 is 22.9 Å². The summed E-state index contributed by atoms with van der Waals surface area (Å²) in [5.41, 5.74) is 2.18. The lowest BCUT2D eigenvalue weighted by Crippen LogP contribution is -2.26. The van der Waals surface area contributed by atoms with Gasteiger partial charge in [-0.1, -0.05) is 36.4 Å². The molecule has 0 spiro atoms. The van der Waals surface area contributed by atoms with Gasteiger partial charge in [0, 0.05) is 16.5 Å². The highest BCUT2D eigenvalue weighted by molar-refractivity contribution is 7.14. The Bertz CT molecular complexity index is 1150. The number of nitrogens with zero attached hydrogens (tertiary/aromatic N) is 1. The quantitative estimate of drug-likeness (QED) is 0.309. The van der Waals surface area contributed by atoms with Gasteiger partial charge < -0.3 is 10.1 Å². The molecule has 1 aliphatic rings. The van der Waals surface area contributed by atoms with Crippen molar-refractivity contribution in [2.24, 2.45) is 0 Å². The number of rotatable bonds is 6. The van der Waals surface area contributed by atoms with Crippen molar-refractivity contribution >= 4 is 34.6 Å². The van der Waals surface area contributed by atoms with Crippen LogP contribution in [0.4, 0.5) is 11.4 Å². The maximum atomic E-state index is 13.1. The number of ether oxygens (including phenoxy) is 1. The molecule has 1 N–H and O–H groups in total. The number of thiophene rings is 1. The zero-order chi connectivity index (χ0) is 22.7. The maximum Gasteiger partial charge on any atom is 0.349 e. The van der Waals surface area contributed by atoms with E-state index in [1.54, 1.807) is 43.3 Å². The number of anilines is 1. The predicted molar refractivity (Wildman–Crippen MR) is 122 cm³/mol. The minimum Gasteiger partial charge on any atom is -0.443 e. The number of amides is 1. The highest BCUT2D eigenvalue weighted by atomic mass is 32.1. The Morgan fingerprint density at radius 1 is 1.09 bits per heavy atom. The zero-order valence-electron chi connectivity index (χ0n) is 17.5. The van der Waals surface area contributed by atoms with Gasteiger partial charge >= 0.3 is 5.97 Å². The first kappa shape index (κ1) is 21.7. The number of nitrogens with one attached hydrogen (secondary N) is 1. The molecule has 1 amide bonds. The molecule has 7 nitrogen and oxygen atoms in total. The smallest absolute Gasteiger partial charge is 0.349 e. The molecule has 0 unspecified atom stereocenters. The van der Waals surface area contributed by atoms with Crippen LogP contribution in [0.25, 0.3) is 0 Å². The van der Waals surface area contributed by atoms with Gasteiger partial charge in [-0.25, -0.2) is 4.79 Å². The molecule has 8 heteroatoms. The Balaban J connectivity index is 1.60. The number of hydrogen-bond acceptors (Lipinski definition) is 6. The van der Waals surface area contributed by atoms with Crippen molar-refractivity contribution in [1.82, 2.24) is 0 Å². The molecule has 1 heterocycles. The molecule has 4 rings (SSSR count). The summed E-state index contributed by atoms with van der Waals surface area (Å²) < 4.78 is 5.65. The Kier molecular flexibility index (Phi) is 6.32. The van der Waals surface area contributed by atoms with Crippen molar-refractivity contribution < 1.29 is 19.2 Å². The van der Waals surface area contributed by atoms with Crippen molar-refractivity contribution in [3.05, 3.63) is 91.2 Å². The van der Waals surface area contributed by atoms with Crippen molar-refractivity contribution in [3.8, 4) is 0 Å². The molecule has 1 aliphatic carbocycles. The summed E-state index contributed by atoms with van der Waals surface area (Å²) in [7, 11) is 0. The number of carbonyl (C=O) groups excluding carboxylic acids is 2. The molecular weight excluding hydrogens is 428 g/mol. The lowest BCUT2D eigenvalue weighted by molar-refractivity contribution is -0.384. The molecular formula is C24H22N2O5S. The predicted octanol–water partition coefficient (Wildman–Crippen LogP) is 5.38. The highest BCUT2D eigenvalue weighted by Crippen LogP contribution is 2.32. The lowest BCUT2D eigenvalue weighted by Gasteiger charge is -2.18. The van der Waals surface area contributed by atoms with Gasteiger partial charge in [-0.15, -0.1) is 11.3 Å². The van der Waals surface area contributed by atoms with Crippen LogP contribution in [0.5, 0.6) is 0 Å². The van der Waals surface area contributed by atoms with Crippen LogP contribution < -0.4 is 5.32 Å². The molecule has 0 aliphatic heterocycles. The first-order valence-electron chi connectivity index (χ1n) is 10.4. The number of aryl methyl sites for hydroxylation is 3. The molecule has 3 aromatic rings. The SMILES string of the molecule is Cc1ccc(NC(=O)[C@H](OC(=O)c2cc3c(s2)CCCC3)c2ccccc2)c([N+](=O)[O-])c1. The molecule has 1 atom stereocenters. The summed E-state index contributed by atoms with van der Waals surface area (Å²) in [5.74, 6) is -1.23. The monoisotopic (exact) mass is 450 g/mol. The topological polar surface area (TPSA) is 98.5 Å². The van der Waals surface area contributed by atoms with Crippen molar-refractivity contribution in [1.29, 1.82) is 0 Å². The third-order valence-electron chi connectivity index (χ3n) is 5.37. The fourth-order valence-electron chi connectivity index (χ4n) is 3.75. The first-order chi connectivity index (χ1) is 15.4. The first-order valence-corrected chi connectivity index (χ1v) is 11.2. The minimum atomic E-state index is -1.25. The number of fused-ring (bicyclic) bond motifs is 1. The average molecular weight is 451 g/mol. The average Bonchev–Trinajstić information content (AvgIpc) is 3.23. The number of hydrogen-bond donors (Lipinski definition) is 1. The second-order valence-corrected chi connectivity index (χ2v) is 8.87. The Hall–Kier alpha value is -3.52. The van der Waals surface area contributed by atoms with Crippen LogP contribution in [0, 0.1) is 17.0 Å². The largest absolute Gasteiger partial charge is 0.443 e. The number of carbonyl (C=O) groups is 2. The van der Waals surface area contributed by atoms with Gasteiger partial charge in [0.1, 0.15) is 10.6 Å².